The summed E-state index contributed by atoms with van der Waals surface area (Å²) < 4.78 is 40.3. The minimum atomic E-state index is -3.10. The van der Waals surface area contributed by atoms with Gasteiger partial charge in [-0.3, -0.25) is 4.79 Å². The van der Waals surface area contributed by atoms with Gasteiger partial charge in [0.25, 0.3) is 5.91 Å². The number of carbonyl (C=O) groups excluding carboxylic acids is 1. The Kier molecular flexibility index (Phi) is 5.95. The van der Waals surface area contributed by atoms with Crippen LogP contribution in [0.2, 0.25) is 0 Å². The number of halogens is 2. The highest BCUT2D eigenvalue weighted by Crippen LogP contribution is 2.33. The minimum absolute atomic E-state index is 0.0274. The van der Waals surface area contributed by atoms with E-state index in [1.165, 1.54) is 25.3 Å². The van der Waals surface area contributed by atoms with Gasteiger partial charge in [0.05, 0.1) is 12.7 Å². The van der Waals surface area contributed by atoms with E-state index in [2.05, 4.69) is 20.0 Å². The first kappa shape index (κ1) is 19.0. The topological polar surface area (TPSA) is 82.6 Å². The fourth-order valence-corrected chi connectivity index (χ4v) is 2.31. The lowest BCUT2D eigenvalue weighted by molar-refractivity contribution is -0.0515. The van der Waals surface area contributed by atoms with Gasteiger partial charge in [0.15, 0.2) is 11.5 Å². The minimum Gasteiger partial charge on any atom is -0.493 e. The Morgan fingerprint density at radius 1 is 1.04 bits per heavy atom. The number of nitrogens with zero attached hydrogens (tertiary/aromatic N) is 2. The van der Waals surface area contributed by atoms with Crippen LogP contribution in [0.1, 0.15) is 10.4 Å². The summed E-state index contributed by atoms with van der Waals surface area (Å²) in [4.78, 5) is 20.4. The largest absolute Gasteiger partial charge is 0.493 e. The van der Waals surface area contributed by atoms with Crippen LogP contribution in [0.25, 0.3) is 0 Å². The number of anilines is 1. The number of hydrogen-bond acceptors (Lipinski definition) is 6. The third-order valence-corrected chi connectivity index (χ3v) is 3.51. The molecule has 2 aromatic carbocycles. The summed E-state index contributed by atoms with van der Waals surface area (Å²) in [5.41, 5.74) is 0.342. The number of para-hydroxylation sites is 1. The van der Waals surface area contributed by atoms with Crippen molar-refractivity contribution in [3.63, 3.8) is 0 Å². The summed E-state index contributed by atoms with van der Waals surface area (Å²) in [6, 6.07) is 12.5. The van der Waals surface area contributed by atoms with Crippen LogP contribution in [0, 0.1) is 0 Å². The maximum Gasteiger partial charge on any atom is 0.387 e. The number of hydrogen-bond donors (Lipinski definition) is 1. The average Bonchev–Trinajstić information content (AvgIpc) is 2.70. The molecule has 0 aliphatic carbocycles. The van der Waals surface area contributed by atoms with Gasteiger partial charge in [-0.15, -0.1) is 0 Å². The van der Waals surface area contributed by atoms with Gasteiger partial charge < -0.3 is 19.5 Å². The molecule has 28 heavy (non-hydrogen) atoms. The van der Waals surface area contributed by atoms with E-state index in [4.69, 9.17) is 9.47 Å². The molecule has 0 saturated carbocycles. The van der Waals surface area contributed by atoms with E-state index in [1.54, 1.807) is 42.7 Å². The highest BCUT2D eigenvalue weighted by Gasteiger charge is 2.20. The molecular weight excluding hydrogens is 372 g/mol. The summed E-state index contributed by atoms with van der Waals surface area (Å²) in [6.07, 6.45) is 3.09. The lowest BCUT2D eigenvalue weighted by atomic mass is 10.1. The van der Waals surface area contributed by atoms with Crippen LogP contribution < -0.4 is 19.5 Å². The number of carbonyl (C=O) groups is 1. The third kappa shape index (κ3) is 4.70. The molecule has 0 bridgehead atoms. The van der Waals surface area contributed by atoms with E-state index >= 15 is 0 Å². The molecular formula is C19H15F2N3O4. The Morgan fingerprint density at radius 2 is 1.75 bits per heavy atom. The van der Waals surface area contributed by atoms with Crippen molar-refractivity contribution >= 4 is 11.6 Å². The second-order valence-corrected chi connectivity index (χ2v) is 5.33. The van der Waals surface area contributed by atoms with Gasteiger partial charge in [0, 0.05) is 18.1 Å². The van der Waals surface area contributed by atoms with Gasteiger partial charge in [-0.25, -0.2) is 9.97 Å². The number of benzene rings is 2. The quantitative estimate of drug-likeness (QED) is 0.656. The van der Waals surface area contributed by atoms with Crippen molar-refractivity contribution < 1.29 is 27.8 Å². The smallest absolute Gasteiger partial charge is 0.387 e. The van der Waals surface area contributed by atoms with Crippen LogP contribution in [0.4, 0.5) is 14.5 Å². The standard InChI is InChI=1S/C19H15F2N3O4/c1-26-15-5-2-4-14(16(15)28-18(20)21)17(25)24-12-6-8-13(9-7-12)27-19-22-10-3-11-23-19/h2-11,18H,1H3,(H,24,25). The van der Waals surface area contributed by atoms with Crippen LogP contribution in [0.3, 0.4) is 0 Å². The molecule has 3 rings (SSSR count). The fraction of sp³-hybridized carbons (Fsp3) is 0.105. The molecule has 0 saturated heterocycles. The first-order valence-corrected chi connectivity index (χ1v) is 8.05. The SMILES string of the molecule is COc1cccc(C(=O)Nc2ccc(Oc3ncccn3)cc2)c1OC(F)F. The molecule has 3 aromatic rings. The van der Waals surface area contributed by atoms with Crippen molar-refractivity contribution in [2.75, 3.05) is 12.4 Å². The maximum absolute atomic E-state index is 12.7. The first-order chi connectivity index (χ1) is 13.6. The number of aromatic nitrogens is 2. The van der Waals surface area contributed by atoms with Gasteiger partial charge in [-0.1, -0.05) is 6.07 Å². The fourth-order valence-electron chi connectivity index (χ4n) is 2.31. The Hall–Kier alpha value is -3.75. The normalized spacial score (nSPS) is 10.4. The molecule has 7 nitrogen and oxygen atoms in total. The predicted octanol–water partition coefficient (Wildman–Crippen LogP) is 4.13. The van der Waals surface area contributed by atoms with E-state index in [0.29, 0.717) is 11.4 Å². The number of amides is 1. The Morgan fingerprint density at radius 3 is 2.39 bits per heavy atom. The third-order valence-electron chi connectivity index (χ3n) is 3.51. The van der Waals surface area contributed by atoms with E-state index < -0.39 is 12.5 Å². The molecule has 0 unspecified atom stereocenters. The molecule has 1 N–H and O–H groups in total. The summed E-state index contributed by atoms with van der Waals surface area (Å²) in [5.74, 6) is -0.472. The molecule has 1 amide bonds. The highest BCUT2D eigenvalue weighted by atomic mass is 19.3. The van der Waals surface area contributed by atoms with Crippen LogP contribution in [-0.2, 0) is 0 Å². The van der Waals surface area contributed by atoms with Crippen molar-refractivity contribution in [2.45, 2.75) is 6.61 Å². The molecule has 0 atom stereocenters. The zero-order valence-corrected chi connectivity index (χ0v) is 14.6. The lowest BCUT2D eigenvalue weighted by Gasteiger charge is -2.14. The van der Waals surface area contributed by atoms with E-state index in [0.717, 1.165) is 0 Å². The van der Waals surface area contributed by atoms with Crippen LogP contribution in [-0.4, -0.2) is 29.6 Å². The Bertz CT molecular complexity index is 938. The number of rotatable bonds is 7. The predicted molar refractivity (Wildman–Crippen MR) is 96.1 cm³/mol. The van der Waals surface area contributed by atoms with Crippen molar-refractivity contribution in [3.8, 4) is 23.3 Å². The monoisotopic (exact) mass is 387 g/mol. The molecule has 1 aromatic heterocycles. The van der Waals surface area contributed by atoms with Crippen molar-refractivity contribution in [2.24, 2.45) is 0 Å². The molecule has 0 aliphatic heterocycles. The summed E-state index contributed by atoms with van der Waals surface area (Å²) >= 11 is 0. The molecule has 0 radical (unpaired) electrons. The molecule has 144 valence electrons. The van der Waals surface area contributed by atoms with Crippen molar-refractivity contribution in [1.82, 2.24) is 9.97 Å². The van der Waals surface area contributed by atoms with Gasteiger partial charge in [0.1, 0.15) is 5.75 Å². The summed E-state index contributed by atoms with van der Waals surface area (Å²) in [7, 11) is 1.30. The van der Waals surface area contributed by atoms with Crippen LogP contribution in [0.5, 0.6) is 23.3 Å². The van der Waals surface area contributed by atoms with Gasteiger partial charge in [0.2, 0.25) is 0 Å². The van der Waals surface area contributed by atoms with Crippen LogP contribution >= 0.6 is 0 Å². The Balaban J connectivity index is 1.74. The molecule has 1 heterocycles. The van der Waals surface area contributed by atoms with Gasteiger partial charge in [-0.05, 0) is 42.5 Å². The molecule has 0 aliphatic rings. The van der Waals surface area contributed by atoms with Gasteiger partial charge >= 0.3 is 12.6 Å². The zero-order valence-electron chi connectivity index (χ0n) is 14.6. The lowest BCUT2D eigenvalue weighted by Crippen LogP contribution is -2.15. The summed E-state index contributed by atoms with van der Waals surface area (Å²) in [6.45, 7) is -3.10. The average molecular weight is 387 g/mol. The maximum atomic E-state index is 12.7. The zero-order chi connectivity index (χ0) is 19.9. The van der Waals surface area contributed by atoms with E-state index in [9.17, 15) is 13.6 Å². The second-order valence-electron chi connectivity index (χ2n) is 5.33. The number of alkyl halides is 2. The number of ether oxygens (including phenoxy) is 3. The van der Waals surface area contributed by atoms with E-state index in [1.807, 2.05) is 0 Å². The molecule has 0 spiro atoms. The second kappa shape index (κ2) is 8.76. The number of nitrogens with one attached hydrogen (secondary N) is 1. The first-order valence-electron chi connectivity index (χ1n) is 8.05. The van der Waals surface area contributed by atoms with Gasteiger partial charge in [-0.2, -0.15) is 8.78 Å². The summed E-state index contributed by atoms with van der Waals surface area (Å²) in [5, 5.41) is 2.61. The highest BCUT2D eigenvalue weighted by molar-refractivity contribution is 6.06. The molecule has 9 heteroatoms. The van der Waals surface area contributed by atoms with E-state index in [-0.39, 0.29) is 23.1 Å². The molecule has 0 fully saturated rings. The van der Waals surface area contributed by atoms with Crippen molar-refractivity contribution in [3.05, 3.63) is 66.5 Å². The van der Waals surface area contributed by atoms with Crippen LogP contribution in [0.15, 0.2) is 60.9 Å². The Labute approximate surface area is 158 Å². The number of methoxy groups -OCH3 is 1. The van der Waals surface area contributed by atoms with Crippen molar-refractivity contribution in [1.29, 1.82) is 0 Å².